The van der Waals surface area contributed by atoms with E-state index in [2.05, 4.69) is 5.32 Å². The van der Waals surface area contributed by atoms with E-state index in [1.165, 1.54) is 0 Å². The summed E-state index contributed by atoms with van der Waals surface area (Å²) in [5.74, 6) is -0.0502. The van der Waals surface area contributed by atoms with E-state index in [9.17, 15) is 9.90 Å². The highest BCUT2D eigenvalue weighted by molar-refractivity contribution is 6.42. The fraction of sp³-hybridized carbons (Fsp3) is 0.500. The van der Waals surface area contributed by atoms with Crippen LogP contribution in [0.5, 0.6) is 5.75 Å². The van der Waals surface area contributed by atoms with Gasteiger partial charge in [-0.2, -0.15) is 0 Å². The zero-order valence-electron chi connectivity index (χ0n) is 11.7. The lowest BCUT2D eigenvalue weighted by molar-refractivity contribution is -0.128. The molecule has 0 radical (unpaired) electrons. The molecule has 0 spiro atoms. The summed E-state index contributed by atoms with van der Waals surface area (Å²) in [7, 11) is 0. The molecule has 0 unspecified atom stereocenters. The van der Waals surface area contributed by atoms with Crippen LogP contribution in [-0.4, -0.2) is 41.5 Å². The highest BCUT2D eigenvalue weighted by Crippen LogP contribution is 2.32. The predicted molar refractivity (Wildman–Crippen MR) is 81.9 cm³/mol. The molecule has 118 valence electrons. The van der Waals surface area contributed by atoms with Gasteiger partial charge in [0.15, 0.2) is 6.10 Å². The smallest absolute Gasteiger partial charge is 0.261 e. The SMILES string of the molecule is C[C@@H](Oc1cccc(Cl)c1Cl)C(=O)N[C@@H](CO)CCCO. The minimum Gasteiger partial charge on any atom is -0.479 e. The van der Waals surface area contributed by atoms with Crippen LogP contribution in [0.1, 0.15) is 19.8 Å². The van der Waals surface area contributed by atoms with Crippen LogP contribution in [0.15, 0.2) is 18.2 Å². The first-order valence-corrected chi connectivity index (χ1v) is 7.38. The van der Waals surface area contributed by atoms with Gasteiger partial charge in [0.25, 0.3) is 5.91 Å². The van der Waals surface area contributed by atoms with Crippen molar-refractivity contribution in [2.45, 2.75) is 31.9 Å². The molecule has 1 aromatic rings. The van der Waals surface area contributed by atoms with E-state index < -0.39 is 12.1 Å². The fourth-order valence-corrected chi connectivity index (χ4v) is 2.02. The van der Waals surface area contributed by atoms with E-state index in [1.807, 2.05) is 0 Å². The third kappa shape index (κ3) is 5.71. The van der Waals surface area contributed by atoms with Crippen molar-refractivity contribution >= 4 is 29.1 Å². The highest BCUT2D eigenvalue weighted by atomic mass is 35.5. The number of aliphatic hydroxyl groups excluding tert-OH is 2. The van der Waals surface area contributed by atoms with Crippen molar-refractivity contribution in [1.82, 2.24) is 5.32 Å². The van der Waals surface area contributed by atoms with Crippen molar-refractivity contribution in [2.75, 3.05) is 13.2 Å². The topological polar surface area (TPSA) is 78.8 Å². The minimum atomic E-state index is -0.788. The maximum atomic E-state index is 12.0. The van der Waals surface area contributed by atoms with Crippen molar-refractivity contribution < 1.29 is 19.7 Å². The maximum Gasteiger partial charge on any atom is 0.261 e. The lowest BCUT2D eigenvalue weighted by atomic mass is 10.1. The highest BCUT2D eigenvalue weighted by Gasteiger charge is 2.19. The normalized spacial score (nSPS) is 13.6. The Kier molecular flexibility index (Phi) is 7.82. The van der Waals surface area contributed by atoms with Crippen molar-refractivity contribution in [3.63, 3.8) is 0 Å². The lowest BCUT2D eigenvalue weighted by Crippen LogP contribution is -2.44. The Morgan fingerprint density at radius 3 is 2.71 bits per heavy atom. The Bertz CT molecular complexity index is 470. The van der Waals surface area contributed by atoms with Crippen molar-refractivity contribution in [3.8, 4) is 5.75 Å². The Morgan fingerprint density at radius 1 is 1.38 bits per heavy atom. The molecule has 1 aromatic carbocycles. The lowest BCUT2D eigenvalue weighted by Gasteiger charge is -2.20. The van der Waals surface area contributed by atoms with Gasteiger partial charge in [-0.25, -0.2) is 0 Å². The molecule has 0 bridgehead atoms. The van der Waals surface area contributed by atoms with Gasteiger partial charge in [-0.3, -0.25) is 4.79 Å². The molecule has 0 heterocycles. The second-order valence-electron chi connectivity index (χ2n) is 4.57. The Balaban J connectivity index is 2.59. The van der Waals surface area contributed by atoms with E-state index in [0.717, 1.165) is 0 Å². The number of carbonyl (C=O) groups is 1. The van der Waals surface area contributed by atoms with Crippen LogP contribution >= 0.6 is 23.2 Å². The average Bonchev–Trinajstić information content (AvgIpc) is 2.47. The second-order valence-corrected chi connectivity index (χ2v) is 5.35. The number of aliphatic hydroxyl groups is 2. The van der Waals surface area contributed by atoms with E-state index in [-0.39, 0.29) is 24.1 Å². The molecule has 0 aliphatic rings. The van der Waals surface area contributed by atoms with Crippen LogP contribution in [0.25, 0.3) is 0 Å². The second kappa shape index (κ2) is 9.10. The van der Waals surface area contributed by atoms with Gasteiger partial charge in [-0.1, -0.05) is 29.3 Å². The van der Waals surface area contributed by atoms with Gasteiger partial charge >= 0.3 is 0 Å². The number of amides is 1. The third-order valence-corrected chi connectivity index (χ3v) is 3.67. The molecule has 3 N–H and O–H groups in total. The summed E-state index contributed by atoms with van der Waals surface area (Å²) >= 11 is 11.9. The zero-order chi connectivity index (χ0) is 15.8. The first kappa shape index (κ1) is 18.0. The van der Waals surface area contributed by atoms with E-state index in [0.29, 0.717) is 23.6 Å². The van der Waals surface area contributed by atoms with Crippen LogP contribution in [-0.2, 0) is 4.79 Å². The number of ether oxygens (including phenoxy) is 1. The van der Waals surface area contributed by atoms with Gasteiger partial charge in [0, 0.05) is 6.61 Å². The molecular weight excluding hydrogens is 317 g/mol. The number of hydrogen-bond acceptors (Lipinski definition) is 4. The molecule has 2 atom stereocenters. The average molecular weight is 336 g/mol. The maximum absolute atomic E-state index is 12.0. The Morgan fingerprint density at radius 2 is 2.10 bits per heavy atom. The van der Waals surface area contributed by atoms with E-state index >= 15 is 0 Å². The van der Waals surface area contributed by atoms with Gasteiger partial charge in [-0.15, -0.1) is 0 Å². The van der Waals surface area contributed by atoms with Crippen molar-refractivity contribution in [3.05, 3.63) is 28.2 Å². The standard InChI is InChI=1S/C14H19Cl2NO4/c1-9(14(20)17-10(8-19)4-3-7-18)21-12-6-2-5-11(15)13(12)16/h2,5-6,9-10,18-19H,3-4,7-8H2,1H3,(H,17,20)/t9-,10-/m1/s1. The number of rotatable bonds is 8. The first-order valence-electron chi connectivity index (χ1n) is 6.62. The molecule has 1 rings (SSSR count). The van der Waals surface area contributed by atoms with Gasteiger partial charge < -0.3 is 20.3 Å². The molecule has 5 nitrogen and oxygen atoms in total. The molecule has 0 saturated heterocycles. The number of nitrogens with one attached hydrogen (secondary N) is 1. The summed E-state index contributed by atoms with van der Waals surface area (Å²) in [6.07, 6.45) is 0.202. The fourth-order valence-electron chi connectivity index (χ4n) is 1.68. The van der Waals surface area contributed by atoms with Gasteiger partial charge in [0.2, 0.25) is 0 Å². The number of benzene rings is 1. The predicted octanol–water partition coefficient (Wildman–Crippen LogP) is 2.01. The summed E-state index contributed by atoms with van der Waals surface area (Å²) in [6.45, 7) is 1.39. The van der Waals surface area contributed by atoms with Crippen LogP contribution in [0, 0.1) is 0 Å². The molecular formula is C14H19Cl2NO4. The van der Waals surface area contributed by atoms with Crippen LogP contribution < -0.4 is 10.1 Å². The molecule has 21 heavy (non-hydrogen) atoms. The largest absolute Gasteiger partial charge is 0.479 e. The van der Waals surface area contributed by atoms with Crippen LogP contribution in [0.3, 0.4) is 0 Å². The van der Waals surface area contributed by atoms with Gasteiger partial charge in [0.1, 0.15) is 10.8 Å². The molecule has 7 heteroatoms. The van der Waals surface area contributed by atoms with Gasteiger partial charge in [0.05, 0.1) is 17.7 Å². The van der Waals surface area contributed by atoms with Crippen molar-refractivity contribution in [2.24, 2.45) is 0 Å². The number of hydrogen-bond donors (Lipinski definition) is 3. The summed E-state index contributed by atoms with van der Waals surface area (Å²) in [5, 5.41) is 21.2. The third-order valence-electron chi connectivity index (χ3n) is 2.87. The van der Waals surface area contributed by atoms with Crippen LogP contribution in [0.2, 0.25) is 10.0 Å². The van der Waals surface area contributed by atoms with E-state index in [1.54, 1.807) is 25.1 Å². The molecule has 0 fully saturated rings. The molecule has 1 amide bonds. The summed E-state index contributed by atoms with van der Waals surface area (Å²) in [4.78, 5) is 12.0. The first-order chi connectivity index (χ1) is 9.99. The van der Waals surface area contributed by atoms with Crippen molar-refractivity contribution in [1.29, 1.82) is 0 Å². The van der Waals surface area contributed by atoms with Crippen LogP contribution in [0.4, 0.5) is 0 Å². The Hall–Kier alpha value is -1.01. The van der Waals surface area contributed by atoms with Gasteiger partial charge in [-0.05, 0) is 31.9 Å². The molecule has 0 aromatic heterocycles. The summed E-state index contributed by atoms with van der Waals surface area (Å²) < 4.78 is 5.48. The Labute approximate surface area is 133 Å². The monoisotopic (exact) mass is 335 g/mol. The molecule has 0 aliphatic heterocycles. The summed E-state index contributed by atoms with van der Waals surface area (Å²) in [6, 6.07) is 4.50. The number of halogens is 2. The molecule has 0 saturated carbocycles. The molecule has 0 aliphatic carbocycles. The number of carbonyl (C=O) groups excluding carboxylic acids is 1. The summed E-state index contributed by atoms with van der Waals surface area (Å²) in [5.41, 5.74) is 0. The van der Waals surface area contributed by atoms with E-state index in [4.69, 9.17) is 33.0 Å². The quantitative estimate of drug-likeness (QED) is 0.679. The zero-order valence-corrected chi connectivity index (χ0v) is 13.2. The minimum absolute atomic E-state index is 0.0105.